The van der Waals surface area contributed by atoms with Gasteiger partial charge in [-0.3, -0.25) is 4.79 Å². The number of aromatic nitrogens is 2. The zero-order valence-electron chi connectivity index (χ0n) is 9.65. The summed E-state index contributed by atoms with van der Waals surface area (Å²) in [4.78, 5) is 21.3. The van der Waals surface area contributed by atoms with Crippen molar-refractivity contribution in [2.75, 3.05) is 6.54 Å². The van der Waals surface area contributed by atoms with E-state index >= 15 is 0 Å². The zero-order valence-corrected chi connectivity index (χ0v) is 9.65. The Morgan fingerprint density at radius 2 is 2.44 bits per heavy atom. The van der Waals surface area contributed by atoms with Crippen molar-refractivity contribution in [1.82, 2.24) is 15.1 Å². The minimum absolute atomic E-state index is 0.0920. The van der Waals surface area contributed by atoms with Crippen molar-refractivity contribution in [3.63, 3.8) is 0 Å². The summed E-state index contributed by atoms with van der Waals surface area (Å²) in [5, 5.41) is 26.1. The van der Waals surface area contributed by atoms with Crippen LogP contribution in [0.4, 0.5) is 5.82 Å². The van der Waals surface area contributed by atoms with Gasteiger partial charge in [0.05, 0.1) is 23.5 Å². The Hall–Kier alpha value is -1.96. The molecule has 18 heavy (non-hydrogen) atoms. The van der Waals surface area contributed by atoms with Crippen molar-refractivity contribution < 1.29 is 14.8 Å². The highest BCUT2D eigenvalue weighted by Crippen LogP contribution is 2.32. The van der Waals surface area contributed by atoms with E-state index in [4.69, 9.17) is 0 Å². The maximum Gasteiger partial charge on any atom is 0.389 e. The summed E-state index contributed by atoms with van der Waals surface area (Å²) in [6.45, 7) is 0.123. The number of carbonyl (C=O) groups is 1. The van der Waals surface area contributed by atoms with Crippen LogP contribution in [0.2, 0.25) is 0 Å². The second-order valence-electron chi connectivity index (χ2n) is 4.34. The van der Waals surface area contributed by atoms with Crippen LogP contribution in [-0.2, 0) is 11.3 Å². The van der Waals surface area contributed by atoms with Gasteiger partial charge in [-0.1, -0.05) is 0 Å². The second kappa shape index (κ2) is 5.13. The smallest absolute Gasteiger partial charge is 0.389 e. The summed E-state index contributed by atoms with van der Waals surface area (Å²) < 4.78 is 1.19. The number of nitrogens with one attached hydrogen (secondary N) is 1. The number of rotatable bonds is 6. The summed E-state index contributed by atoms with van der Waals surface area (Å²) in [6, 6.07) is 1.23. The van der Waals surface area contributed by atoms with Crippen molar-refractivity contribution in [3.05, 3.63) is 22.4 Å². The van der Waals surface area contributed by atoms with Gasteiger partial charge in [-0.15, -0.1) is 0 Å². The fourth-order valence-corrected chi connectivity index (χ4v) is 1.61. The molecule has 0 aliphatic heterocycles. The van der Waals surface area contributed by atoms with Gasteiger partial charge in [0.15, 0.2) is 0 Å². The molecular weight excluding hydrogens is 240 g/mol. The van der Waals surface area contributed by atoms with Crippen LogP contribution in [0.3, 0.4) is 0 Å². The lowest BCUT2D eigenvalue weighted by Crippen LogP contribution is -2.35. The molecule has 1 aliphatic rings. The fraction of sp³-hybridized carbons (Fsp3) is 0.600. The van der Waals surface area contributed by atoms with Crippen molar-refractivity contribution in [3.8, 4) is 0 Å². The van der Waals surface area contributed by atoms with Crippen molar-refractivity contribution in [1.29, 1.82) is 0 Å². The standard InChI is InChI=1S/C10H14N4O4/c15-8(7-1-2-7)5-11-10(16)6-13-4-3-9(12-13)14(17)18/h3-4,7-8,15H,1-2,5-6H2,(H,11,16). The lowest BCUT2D eigenvalue weighted by Gasteiger charge is -2.09. The van der Waals surface area contributed by atoms with Crippen LogP contribution < -0.4 is 5.32 Å². The molecule has 0 bridgehead atoms. The number of nitro groups is 1. The molecule has 1 amide bonds. The van der Waals surface area contributed by atoms with Gasteiger partial charge in [-0.25, -0.2) is 0 Å². The molecule has 0 spiro atoms. The number of amides is 1. The van der Waals surface area contributed by atoms with E-state index in [1.54, 1.807) is 0 Å². The van der Waals surface area contributed by atoms with E-state index in [0.29, 0.717) is 5.92 Å². The van der Waals surface area contributed by atoms with E-state index in [1.165, 1.54) is 16.9 Å². The lowest BCUT2D eigenvalue weighted by atomic mass is 10.2. The van der Waals surface area contributed by atoms with Gasteiger partial charge >= 0.3 is 5.82 Å². The number of carbonyl (C=O) groups excluding carboxylic acids is 1. The number of aliphatic hydroxyl groups excluding tert-OH is 1. The van der Waals surface area contributed by atoms with Crippen molar-refractivity contribution >= 4 is 11.7 Å². The largest absolute Gasteiger partial charge is 0.391 e. The van der Waals surface area contributed by atoms with Crippen LogP contribution in [0.5, 0.6) is 0 Å². The highest BCUT2D eigenvalue weighted by molar-refractivity contribution is 5.75. The van der Waals surface area contributed by atoms with Gasteiger partial charge < -0.3 is 20.5 Å². The van der Waals surface area contributed by atoms with Gasteiger partial charge in [0.2, 0.25) is 5.91 Å². The predicted molar refractivity (Wildman–Crippen MR) is 60.6 cm³/mol. The molecule has 1 saturated carbocycles. The Kier molecular flexibility index (Phi) is 3.56. The summed E-state index contributed by atoms with van der Waals surface area (Å²) >= 11 is 0. The van der Waals surface area contributed by atoms with Crippen LogP contribution >= 0.6 is 0 Å². The number of aliphatic hydroxyl groups is 1. The highest BCUT2D eigenvalue weighted by atomic mass is 16.6. The van der Waals surface area contributed by atoms with E-state index in [9.17, 15) is 20.0 Å². The first kappa shape index (κ1) is 12.5. The molecular formula is C10H14N4O4. The minimum atomic E-state index is -0.620. The Balaban J connectivity index is 1.77. The topological polar surface area (TPSA) is 110 Å². The normalized spacial score (nSPS) is 16.3. The van der Waals surface area contributed by atoms with Crippen LogP contribution in [0.1, 0.15) is 12.8 Å². The Morgan fingerprint density at radius 1 is 1.72 bits per heavy atom. The number of hydrogen-bond donors (Lipinski definition) is 2. The van der Waals surface area contributed by atoms with Gasteiger partial charge in [-0.05, 0) is 23.7 Å². The molecule has 1 heterocycles. The molecule has 8 nitrogen and oxygen atoms in total. The lowest BCUT2D eigenvalue weighted by molar-refractivity contribution is -0.389. The van der Waals surface area contributed by atoms with Gasteiger partial charge in [0, 0.05) is 6.54 Å². The van der Waals surface area contributed by atoms with E-state index in [-0.39, 0.29) is 24.8 Å². The molecule has 2 N–H and O–H groups in total. The van der Waals surface area contributed by atoms with E-state index in [2.05, 4.69) is 10.4 Å². The summed E-state index contributed by atoms with van der Waals surface area (Å²) in [7, 11) is 0. The monoisotopic (exact) mass is 254 g/mol. The molecule has 1 fully saturated rings. The molecule has 0 aromatic carbocycles. The summed E-state index contributed by atoms with van der Waals surface area (Å²) in [6.07, 6.45) is 2.88. The van der Waals surface area contributed by atoms with Gasteiger partial charge in [0.1, 0.15) is 6.54 Å². The van der Waals surface area contributed by atoms with E-state index < -0.39 is 11.0 Å². The quantitative estimate of drug-likeness (QED) is 0.534. The predicted octanol–water partition coefficient (Wildman–Crippen LogP) is -0.322. The Bertz CT molecular complexity index is 454. The molecule has 1 unspecified atom stereocenters. The van der Waals surface area contributed by atoms with Crippen molar-refractivity contribution in [2.24, 2.45) is 5.92 Å². The zero-order chi connectivity index (χ0) is 13.1. The maximum absolute atomic E-state index is 11.5. The molecule has 98 valence electrons. The van der Waals surface area contributed by atoms with Crippen LogP contribution in [0.25, 0.3) is 0 Å². The third kappa shape index (κ3) is 3.27. The fourth-order valence-electron chi connectivity index (χ4n) is 1.61. The molecule has 0 radical (unpaired) electrons. The van der Waals surface area contributed by atoms with Crippen LogP contribution in [-0.4, -0.2) is 38.4 Å². The number of nitrogens with zero attached hydrogens (tertiary/aromatic N) is 3. The molecule has 1 atom stereocenters. The molecule has 1 aliphatic carbocycles. The molecule has 1 aromatic heterocycles. The highest BCUT2D eigenvalue weighted by Gasteiger charge is 2.29. The SMILES string of the molecule is O=C(Cn1ccc([N+](=O)[O-])n1)NCC(O)C1CC1. The Labute approximate surface area is 103 Å². The minimum Gasteiger partial charge on any atom is -0.391 e. The number of hydrogen-bond acceptors (Lipinski definition) is 5. The average molecular weight is 254 g/mol. The van der Waals surface area contributed by atoms with Crippen LogP contribution in [0, 0.1) is 16.0 Å². The van der Waals surface area contributed by atoms with Gasteiger partial charge in [0.25, 0.3) is 0 Å². The third-order valence-corrected chi connectivity index (χ3v) is 2.79. The van der Waals surface area contributed by atoms with E-state index in [0.717, 1.165) is 12.8 Å². The molecule has 1 aromatic rings. The first-order valence-electron chi connectivity index (χ1n) is 5.69. The van der Waals surface area contributed by atoms with Crippen molar-refractivity contribution in [2.45, 2.75) is 25.5 Å². The second-order valence-corrected chi connectivity index (χ2v) is 4.34. The summed E-state index contributed by atoms with van der Waals surface area (Å²) in [5.74, 6) is -0.315. The molecule has 2 rings (SSSR count). The average Bonchev–Trinajstić information content (AvgIpc) is 3.07. The summed E-state index contributed by atoms with van der Waals surface area (Å²) in [5.41, 5.74) is 0. The Morgan fingerprint density at radius 3 is 3.00 bits per heavy atom. The first-order chi connectivity index (χ1) is 8.56. The van der Waals surface area contributed by atoms with Gasteiger partial charge in [-0.2, -0.15) is 4.68 Å². The van der Waals surface area contributed by atoms with Crippen LogP contribution in [0.15, 0.2) is 12.3 Å². The first-order valence-corrected chi connectivity index (χ1v) is 5.69. The molecule has 8 heteroatoms. The maximum atomic E-state index is 11.5. The molecule has 0 saturated heterocycles. The van der Waals surface area contributed by atoms with E-state index in [1.807, 2.05) is 0 Å². The third-order valence-electron chi connectivity index (χ3n) is 2.79.